The molecular formula is C16H32IN5O. The molecule has 0 aliphatic heterocycles. The Morgan fingerprint density at radius 2 is 1.74 bits per heavy atom. The number of aliphatic imine (C=N–C) groups is 1. The average Bonchev–Trinajstić information content (AvgIpc) is 2.93. The van der Waals surface area contributed by atoms with Crippen LogP contribution in [0.4, 0.5) is 0 Å². The standard InChI is InChI=1S/C16H31N5O.HI/c1-4-6-7-8-9-10-11-12-18-16(17-5-2)19-13-15-20-14(3)22-21-15;/h4-13H2,1-3H3,(H2,17,18,19);1H. The number of hydrogen-bond acceptors (Lipinski definition) is 4. The monoisotopic (exact) mass is 437 g/mol. The van der Waals surface area contributed by atoms with E-state index in [1.54, 1.807) is 6.92 Å². The molecule has 1 aromatic heterocycles. The number of hydrogen-bond donors (Lipinski definition) is 2. The number of nitrogens with one attached hydrogen (secondary N) is 2. The maximum absolute atomic E-state index is 4.94. The molecule has 0 aliphatic rings. The fourth-order valence-corrected chi connectivity index (χ4v) is 2.19. The highest BCUT2D eigenvalue weighted by molar-refractivity contribution is 14.0. The zero-order chi connectivity index (χ0) is 16.0. The predicted molar refractivity (Wildman–Crippen MR) is 105 cm³/mol. The van der Waals surface area contributed by atoms with E-state index in [4.69, 9.17) is 4.52 Å². The minimum absolute atomic E-state index is 0. The van der Waals surface area contributed by atoms with Gasteiger partial charge in [-0.15, -0.1) is 24.0 Å². The Balaban J connectivity index is 0.00000484. The Morgan fingerprint density at radius 1 is 1.04 bits per heavy atom. The molecule has 0 spiro atoms. The molecule has 0 aromatic carbocycles. The van der Waals surface area contributed by atoms with Crippen LogP contribution < -0.4 is 10.6 Å². The molecule has 0 bridgehead atoms. The van der Waals surface area contributed by atoms with Crippen molar-refractivity contribution in [2.24, 2.45) is 4.99 Å². The van der Waals surface area contributed by atoms with Crippen LogP contribution in [0.15, 0.2) is 9.52 Å². The summed E-state index contributed by atoms with van der Waals surface area (Å²) in [5.41, 5.74) is 0. The van der Waals surface area contributed by atoms with Gasteiger partial charge in [-0.3, -0.25) is 0 Å². The normalized spacial score (nSPS) is 11.2. The topological polar surface area (TPSA) is 75.3 Å². The molecule has 0 radical (unpaired) electrons. The van der Waals surface area contributed by atoms with Crippen molar-refractivity contribution in [1.82, 2.24) is 20.8 Å². The van der Waals surface area contributed by atoms with Gasteiger partial charge in [0.1, 0.15) is 6.54 Å². The van der Waals surface area contributed by atoms with Gasteiger partial charge in [-0.25, -0.2) is 4.99 Å². The molecule has 0 aliphatic carbocycles. The van der Waals surface area contributed by atoms with Crippen molar-refractivity contribution >= 4 is 29.9 Å². The Bertz CT molecular complexity index is 422. The van der Waals surface area contributed by atoms with Gasteiger partial charge in [0, 0.05) is 20.0 Å². The fraction of sp³-hybridized carbons (Fsp3) is 0.812. The van der Waals surface area contributed by atoms with E-state index in [1.165, 1.54) is 44.9 Å². The van der Waals surface area contributed by atoms with Crippen LogP contribution in [0.3, 0.4) is 0 Å². The van der Waals surface area contributed by atoms with E-state index in [0.717, 1.165) is 19.0 Å². The lowest BCUT2D eigenvalue weighted by atomic mass is 10.1. The van der Waals surface area contributed by atoms with Gasteiger partial charge < -0.3 is 15.2 Å². The van der Waals surface area contributed by atoms with Crippen molar-refractivity contribution in [3.8, 4) is 0 Å². The van der Waals surface area contributed by atoms with Crippen LogP contribution in [-0.4, -0.2) is 29.2 Å². The van der Waals surface area contributed by atoms with E-state index in [1.807, 2.05) is 0 Å². The van der Waals surface area contributed by atoms with Gasteiger partial charge in [0.15, 0.2) is 11.8 Å². The van der Waals surface area contributed by atoms with Crippen LogP contribution in [0.1, 0.15) is 70.5 Å². The largest absolute Gasteiger partial charge is 0.357 e. The molecule has 6 nitrogen and oxygen atoms in total. The second kappa shape index (κ2) is 14.7. The first-order valence-corrected chi connectivity index (χ1v) is 8.57. The third kappa shape index (κ3) is 11.3. The molecule has 23 heavy (non-hydrogen) atoms. The third-order valence-electron chi connectivity index (χ3n) is 3.37. The SMILES string of the molecule is CCCCCCCCCNC(=NCc1noc(C)n1)NCC.I. The summed E-state index contributed by atoms with van der Waals surface area (Å²) in [6, 6.07) is 0. The second-order valence-corrected chi connectivity index (χ2v) is 5.47. The molecule has 1 heterocycles. The lowest BCUT2D eigenvalue weighted by Gasteiger charge is -2.10. The quantitative estimate of drug-likeness (QED) is 0.238. The number of unbranched alkanes of at least 4 members (excludes halogenated alkanes) is 6. The molecule has 0 amide bonds. The lowest BCUT2D eigenvalue weighted by Crippen LogP contribution is -2.37. The van der Waals surface area contributed by atoms with Gasteiger partial charge in [0.2, 0.25) is 5.89 Å². The number of rotatable bonds is 11. The van der Waals surface area contributed by atoms with E-state index in [9.17, 15) is 0 Å². The highest BCUT2D eigenvalue weighted by atomic mass is 127. The molecule has 7 heteroatoms. The molecule has 1 aromatic rings. The highest BCUT2D eigenvalue weighted by Crippen LogP contribution is 2.06. The van der Waals surface area contributed by atoms with Crippen LogP contribution >= 0.6 is 24.0 Å². The van der Waals surface area contributed by atoms with Crippen LogP contribution in [-0.2, 0) is 6.54 Å². The number of halogens is 1. The number of nitrogens with zero attached hydrogens (tertiary/aromatic N) is 3. The van der Waals surface area contributed by atoms with Gasteiger partial charge in [0.25, 0.3) is 0 Å². The lowest BCUT2D eigenvalue weighted by molar-refractivity contribution is 0.387. The Morgan fingerprint density at radius 3 is 2.35 bits per heavy atom. The van der Waals surface area contributed by atoms with E-state index in [2.05, 4.69) is 39.6 Å². The van der Waals surface area contributed by atoms with Crippen molar-refractivity contribution in [3.63, 3.8) is 0 Å². The number of guanidine groups is 1. The average molecular weight is 437 g/mol. The fourth-order valence-electron chi connectivity index (χ4n) is 2.19. The summed E-state index contributed by atoms with van der Waals surface area (Å²) in [6.07, 6.45) is 9.20. The van der Waals surface area contributed by atoms with Gasteiger partial charge in [0.05, 0.1) is 0 Å². The van der Waals surface area contributed by atoms with Crippen molar-refractivity contribution in [3.05, 3.63) is 11.7 Å². The summed E-state index contributed by atoms with van der Waals surface area (Å²) < 4.78 is 4.94. The van der Waals surface area contributed by atoms with Gasteiger partial charge in [-0.1, -0.05) is 50.6 Å². The van der Waals surface area contributed by atoms with Crippen molar-refractivity contribution in [1.29, 1.82) is 0 Å². The number of aryl methyl sites for hydroxylation is 1. The first-order chi connectivity index (χ1) is 10.8. The summed E-state index contributed by atoms with van der Waals surface area (Å²) in [5, 5.41) is 10.4. The highest BCUT2D eigenvalue weighted by Gasteiger charge is 2.02. The molecular weight excluding hydrogens is 405 g/mol. The minimum atomic E-state index is 0. The molecule has 1 rings (SSSR count). The van der Waals surface area contributed by atoms with Crippen molar-refractivity contribution in [2.75, 3.05) is 13.1 Å². The predicted octanol–water partition coefficient (Wildman–Crippen LogP) is 3.80. The summed E-state index contributed by atoms with van der Waals surface area (Å²) >= 11 is 0. The molecule has 134 valence electrons. The second-order valence-electron chi connectivity index (χ2n) is 5.47. The minimum Gasteiger partial charge on any atom is -0.357 e. The summed E-state index contributed by atoms with van der Waals surface area (Å²) in [4.78, 5) is 8.61. The van der Waals surface area contributed by atoms with E-state index in [-0.39, 0.29) is 24.0 Å². The summed E-state index contributed by atoms with van der Waals surface area (Å²) in [6.45, 7) is 8.32. The maximum Gasteiger partial charge on any atom is 0.223 e. The molecule has 2 N–H and O–H groups in total. The molecule has 0 unspecified atom stereocenters. The first kappa shape index (κ1) is 22.1. The van der Waals surface area contributed by atoms with Crippen LogP contribution in [0, 0.1) is 6.92 Å². The number of aromatic nitrogens is 2. The zero-order valence-electron chi connectivity index (χ0n) is 14.7. The first-order valence-electron chi connectivity index (χ1n) is 8.57. The smallest absolute Gasteiger partial charge is 0.223 e. The Kier molecular flexibility index (Phi) is 14.2. The Hall–Kier alpha value is -0.860. The molecule has 0 fully saturated rings. The summed E-state index contributed by atoms with van der Waals surface area (Å²) in [5.74, 6) is 2.01. The van der Waals surface area contributed by atoms with Gasteiger partial charge in [-0.2, -0.15) is 4.98 Å². The van der Waals surface area contributed by atoms with Crippen molar-refractivity contribution in [2.45, 2.75) is 72.3 Å². The van der Waals surface area contributed by atoms with Crippen LogP contribution in [0.2, 0.25) is 0 Å². The maximum atomic E-state index is 4.94. The molecule has 0 saturated heterocycles. The van der Waals surface area contributed by atoms with E-state index in [0.29, 0.717) is 18.3 Å². The van der Waals surface area contributed by atoms with E-state index >= 15 is 0 Å². The van der Waals surface area contributed by atoms with Gasteiger partial charge in [-0.05, 0) is 13.3 Å². The summed E-state index contributed by atoms with van der Waals surface area (Å²) in [7, 11) is 0. The molecule has 0 saturated carbocycles. The molecule has 0 atom stereocenters. The zero-order valence-corrected chi connectivity index (χ0v) is 17.1. The van der Waals surface area contributed by atoms with Gasteiger partial charge >= 0.3 is 0 Å². The third-order valence-corrected chi connectivity index (χ3v) is 3.37. The van der Waals surface area contributed by atoms with Crippen LogP contribution in [0.5, 0.6) is 0 Å². The van der Waals surface area contributed by atoms with Crippen LogP contribution in [0.25, 0.3) is 0 Å². The van der Waals surface area contributed by atoms with E-state index < -0.39 is 0 Å². The van der Waals surface area contributed by atoms with Crippen molar-refractivity contribution < 1.29 is 4.52 Å². The Labute approximate surface area is 157 Å².